The van der Waals surface area contributed by atoms with Crippen molar-refractivity contribution in [2.24, 2.45) is 0 Å². The number of fused-ring (bicyclic) bond motifs is 1. The van der Waals surface area contributed by atoms with Crippen LogP contribution < -0.4 is 5.32 Å². The number of thiophene rings is 1. The Labute approximate surface area is 140 Å². The smallest absolute Gasteiger partial charge is 0.261 e. The van der Waals surface area contributed by atoms with Crippen molar-refractivity contribution < 1.29 is 9.90 Å². The van der Waals surface area contributed by atoms with Crippen LogP contribution in [-0.4, -0.2) is 41.7 Å². The van der Waals surface area contributed by atoms with Gasteiger partial charge in [0, 0.05) is 31.1 Å². The van der Waals surface area contributed by atoms with Crippen molar-refractivity contribution in [1.82, 2.24) is 10.2 Å². The van der Waals surface area contributed by atoms with Crippen molar-refractivity contribution in [2.45, 2.75) is 26.0 Å². The number of aryl methyl sites for hydroxylation is 1. The highest BCUT2D eigenvalue weighted by Gasteiger charge is 2.19. The lowest BCUT2D eigenvalue weighted by Crippen LogP contribution is -2.41. The minimum atomic E-state index is -0.551. The lowest BCUT2D eigenvalue weighted by Gasteiger charge is -2.30. The molecule has 5 heteroatoms. The highest BCUT2D eigenvalue weighted by Crippen LogP contribution is 2.18. The van der Waals surface area contributed by atoms with E-state index in [4.69, 9.17) is 0 Å². The predicted octanol–water partition coefficient (Wildman–Crippen LogP) is 2.21. The first-order valence-electron chi connectivity index (χ1n) is 7.93. The van der Waals surface area contributed by atoms with Gasteiger partial charge in [0.25, 0.3) is 5.91 Å². The number of hydrogen-bond acceptors (Lipinski definition) is 4. The van der Waals surface area contributed by atoms with Gasteiger partial charge in [0.15, 0.2) is 0 Å². The van der Waals surface area contributed by atoms with E-state index in [-0.39, 0.29) is 12.5 Å². The van der Waals surface area contributed by atoms with Gasteiger partial charge < -0.3 is 10.4 Å². The molecule has 1 aliphatic rings. The van der Waals surface area contributed by atoms with Crippen molar-refractivity contribution in [3.63, 3.8) is 0 Å². The summed E-state index contributed by atoms with van der Waals surface area (Å²) >= 11 is 1.47. The molecule has 1 unspecified atom stereocenters. The van der Waals surface area contributed by atoms with Crippen LogP contribution in [0, 0.1) is 6.92 Å². The van der Waals surface area contributed by atoms with E-state index < -0.39 is 6.10 Å². The fraction of sp³-hybridized carbons (Fsp3) is 0.389. The summed E-state index contributed by atoms with van der Waals surface area (Å²) in [7, 11) is 0. The highest BCUT2D eigenvalue weighted by molar-refractivity contribution is 7.13. The highest BCUT2D eigenvalue weighted by atomic mass is 32.1. The number of aliphatic hydroxyl groups is 1. The number of aliphatic hydroxyl groups excluding tert-OH is 1. The Morgan fingerprint density at radius 1 is 1.30 bits per heavy atom. The molecule has 3 rings (SSSR count). The van der Waals surface area contributed by atoms with Gasteiger partial charge in [-0.3, -0.25) is 9.69 Å². The van der Waals surface area contributed by atoms with Crippen molar-refractivity contribution >= 4 is 17.2 Å². The third-order valence-corrected chi connectivity index (χ3v) is 5.14. The Kier molecular flexibility index (Phi) is 5.10. The molecule has 0 saturated carbocycles. The molecule has 4 nitrogen and oxygen atoms in total. The molecular formula is C18H22N2O2S. The number of benzene rings is 1. The Balaban J connectivity index is 1.47. The average Bonchev–Trinajstić information content (AvgIpc) is 2.99. The van der Waals surface area contributed by atoms with Gasteiger partial charge in [-0.1, -0.05) is 24.3 Å². The van der Waals surface area contributed by atoms with E-state index >= 15 is 0 Å². The molecule has 1 aromatic carbocycles. The van der Waals surface area contributed by atoms with Crippen molar-refractivity contribution in [2.75, 3.05) is 19.6 Å². The Morgan fingerprint density at radius 2 is 2.09 bits per heavy atom. The topological polar surface area (TPSA) is 52.6 Å². The van der Waals surface area contributed by atoms with Crippen molar-refractivity contribution in [3.05, 3.63) is 57.3 Å². The molecule has 0 aliphatic carbocycles. The molecular weight excluding hydrogens is 308 g/mol. The van der Waals surface area contributed by atoms with E-state index in [0.717, 1.165) is 24.4 Å². The zero-order valence-electron chi connectivity index (χ0n) is 13.3. The number of carbonyl (C=O) groups is 1. The maximum absolute atomic E-state index is 12.0. The minimum Gasteiger partial charge on any atom is -0.390 e. The van der Waals surface area contributed by atoms with Crippen LogP contribution in [0.15, 0.2) is 36.4 Å². The third kappa shape index (κ3) is 4.19. The number of β-amino-alcohol motifs (C(OH)–C–C–N with tert-alkyl or cyclic N) is 1. The number of hydrogen-bond donors (Lipinski definition) is 2. The zero-order valence-corrected chi connectivity index (χ0v) is 14.1. The van der Waals surface area contributed by atoms with Crippen LogP contribution in [0.5, 0.6) is 0 Å². The molecule has 0 radical (unpaired) electrons. The van der Waals surface area contributed by atoms with E-state index in [9.17, 15) is 9.90 Å². The maximum atomic E-state index is 12.0. The summed E-state index contributed by atoms with van der Waals surface area (Å²) in [6.07, 6.45) is 0.467. The van der Waals surface area contributed by atoms with Gasteiger partial charge in [-0.15, -0.1) is 11.3 Å². The second-order valence-corrected chi connectivity index (χ2v) is 7.32. The van der Waals surface area contributed by atoms with Gasteiger partial charge in [-0.25, -0.2) is 0 Å². The van der Waals surface area contributed by atoms with Gasteiger partial charge in [-0.2, -0.15) is 0 Å². The molecule has 23 heavy (non-hydrogen) atoms. The molecule has 122 valence electrons. The summed E-state index contributed by atoms with van der Waals surface area (Å²) < 4.78 is 0. The predicted molar refractivity (Wildman–Crippen MR) is 92.8 cm³/mol. The van der Waals surface area contributed by atoms with E-state index in [1.165, 1.54) is 22.5 Å². The molecule has 2 N–H and O–H groups in total. The molecule has 1 aliphatic heterocycles. The Morgan fingerprint density at radius 3 is 2.83 bits per heavy atom. The first-order chi connectivity index (χ1) is 11.1. The van der Waals surface area contributed by atoms with Gasteiger partial charge >= 0.3 is 0 Å². The summed E-state index contributed by atoms with van der Waals surface area (Å²) in [5.41, 5.74) is 2.74. The number of nitrogens with zero attached hydrogens (tertiary/aromatic N) is 1. The van der Waals surface area contributed by atoms with Crippen LogP contribution in [0.2, 0.25) is 0 Å². The lowest BCUT2D eigenvalue weighted by atomic mass is 10.00. The second-order valence-electron chi connectivity index (χ2n) is 6.03. The number of rotatable bonds is 5. The summed E-state index contributed by atoms with van der Waals surface area (Å²) in [5, 5.41) is 13.0. The van der Waals surface area contributed by atoms with Crippen LogP contribution in [-0.2, 0) is 13.0 Å². The van der Waals surface area contributed by atoms with Crippen LogP contribution >= 0.6 is 11.3 Å². The summed E-state index contributed by atoms with van der Waals surface area (Å²) in [5.74, 6) is -0.105. The molecule has 0 spiro atoms. The van der Waals surface area contributed by atoms with Crippen molar-refractivity contribution in [1.29, 1.82) is 0 Å². The normalized spacial score (nSPS) is 15.9. The van der Waals surface area contributed by atoms with Gasteiger partial charge in [-0.05, 0) is 36.6 Å². The maximum Gasteiger partial charge on any atom is 0.261 e. The largest absolute Gasteiger partial charge is 0.390 e. The van der Waals surface area contributed by atoms with E-state index in [0.29, 0.717) is 11.4 Å². The average molecular weight is 330 g/mol. The fourth-order valence-electron chi connectivity index (χ4n) is 2.93. The number of amides is 1. The molecule has 2 heterocycles. The summed E-state index contributed by atoms with van der Waals surface area (Å²) in [6, 6.07) is 12.2. The van der Waals surface area contributed by atoms with Crippen LogP contribution in [0.4, 0.5) is 0 Å². The van der Waals surface area contributed by atoms with Gasteiger partial charge in [0.05, 0.1) is 11.0 Å². The standard InChI is InChI=1S/C18H22N2O2S/c1-13-6-7-17(23-13)18(22)19-10-16(21)12-20-9-8-14-4-2-3-5-15(14)11-20/h2-7,16,21H,8-12H2,1H3,(H,19,22). The SMILES string of the molecule is Cc1ccc(C(=O)NCC(O)CN2CCc3ccccc3C2)s1. The number of nitrogens with one attached hydrogen (secondary N) is 1. The Hall–Kier alpha value is -1.69. The monoisotopic (exact) mass is 330 g/mol. The van der Waals surface area contributed by atoms with E-state index in [1.54, 1.807) is 0 Å². The molecule has 0 bridgehead atoms. The first kappa shape index (κ1) is 16.2. The molecule has 1 atom stereocenters. The van der Waals surface area contributed by atoms with Gasteiger partial charge in [0.2, 0.25) is 0 Å². The van der Waals surface area contributed by atoms with Gasteiger partial charge in [0.1, 0.15) is 0 Å². The quantitative estimate of drug-likeness (QED) is 0.884. The molecule has 0 saturated heterocycles. The molecule has 1 amide bonds. The zero-order chi connectivity index (χ0) is 16.2. The van der Waals surface area contributed by atoms with E-state index in [1.807, 2.05) is 19.1 Å². The first-order valence-corrected chi connectivity index (χ1v) is 8.75. The molecule has 1 aromatic heterocycles. The van der Waals surface area contributed by atoms with Crippen LogP contribution in [0.3, 0.4) is 0 Å². The fourth-order valence-corrected chi connectivity index (χ4v) is 3.71. The molecule has 2 aromatic rings. The third-order valence-electron chi connectivity index (χ3n) is 4.14. The van der Waals surface area contributed by atoms with Crippen LogP contribution in [0.25, 0.3) is 0 Å². The van der Waals surface area contributed by atoms with Crippen LogP contribution in [0.1, 0.15) is 25.7 Å². The molecule has 0 fully saturated rings. The lowest BCUT2D eigenvalue weighted by molar-refractivity contribution is 0.0845. The van der Waals surface area contributed by atoms with Crippen molar-refractivity contribution in [3.8, 4) is 0 Å². The summed E-state index contributed by atoms with van der Waals surface area (Å²) in [6.45, 7) is 4.66. The second kappa shape index (κ2) is 7.25. The summed E-state index contributed by atoms with van der Waals surface area (Å²) in [4.78, 5) is 16.0. The number of carbonyl (C=O) groups excluding carboxylic acids is 1. The Bertz CT molecular complexity index is 683. The van der Waals surface area contributed by atoms with E-state index in [2.05, 4.69) is 34.5 Å². The minimum absolute atomic E-state index is 0.105.